The van der Waals surface area contributed by atoms with Gasteiger partial charge in [-0.25, -0.2) is 8.42 Å². The fourth-order valence-electron chi connectivity index (χ4n) is 3.84. The van der Waals surface area contributed by atoms with Crippen molar-refractivity contribution in [1.82, 2.24) is 14.5 Å². The van der Waals surface area contributed by atoms with Crippen LogP contribution in [-0.2, 0) is 23.4 Å². The first-order chi connectivity index (χ1) is 17.6. The molecule has 4 aromatic rings. The summed E-state index contributed by atoms with van der Waals surface area (Å²) < 4.78 is 56.2. The highest BCUT2D eigenvalue weighted by atomic mass is 32.2. The maximum Gasteiger partial charge on any atom is 0.360 e. The van der Waals surface area contributed by atoms with Crippen LogP contribution >= 0.6 is 7.60 Å². The summed E-state index contributed by atoms with van der Waals surface area (Å²) in [7, 11) is -2.95. The highest BCUT2D eigenvalue weighted by molar-refractivity contribution is 7.92. The predicted octanol–water partition coefficient (Wildman–Crippen LogP) is 4.05. The minimum absolute atomic E-state index is 0.0157. The van der Waals surface area contributed by atoms with Crippen molar-refractivity contribution in [3.63, 3.8) is 0 Å². The maximum atomic E-state index is 12.9. The number of hydrogen-bond acceptors (Lipinski definition) is 10. The molecule has 0 fully saturated rings. The lowest BCUT2D eigenvalue weighted by Crippen LogP contribution is -2.15. The van der Waals surface area contributed by atoms with Gasteiger partial charge in [-0.05, 0) is 50.2 Å². The highest BCUT2D eigenvalue weighted by Gasteiger charge is 2.27. The third kappa shape index (κ3) is 4.80. The molecular weight excluding hydrogens is 517 g/mol. The smallest absolute Gasteiger partial charge is 0.360 e. The first-order valence-electron chi connectivity index (χ1n) is 11.2. The van der Waals surface area contributed by atoms with Crippen molar-refractivity contribution in [1.29, 1.82) is 0 Å². The first-order valence-corrected chi connectivity index (χ1v) is 14.3. The number of nitrogens with one attached hydrogen (secondary N) is 1. The lowest BCUT2D eigenvalue weighted by molar-refractivity contribution is 0.287. The Morgan fingerprint density at radius 2 is 1.73 bits per heavy atom. The molecule has 0 bridgehead atoms. The van der Waals surface area contributed by atoms with Gasteiger partial charge in [-0.15, -0.1) is 0 Å². The Balaban J connectivity index is 1.84. The number of para-hydroxylation sites is 1. The van der Waals surface area contributed by atoms with E-state index in [4.69, 9.17) is 19.5 Å². The maximum absolute atomic E-state index is 12.9. The predicted molar refractivity (Wildman–Crippen MR) is 143 cm³/mol. The molecule has 0 amide bonds. The molecule has 37 heavy (non-hydrogen) atoms. The van der Waals surface area contributed by atoms with Crippen LogP contribution in [-0.4, -0.2) is 49.5 Å². The van der Waals surface area contributed by atoms with Gasteiger partial charge in [-0.3, -0.25) is 9.13 Å². The van der Waals surface area contributed by atoms with Crippen LogP contribution in [0.4, 0.5) is 17.5 Å². The Kier molecular flexibility index (Phi) is 7.29. The average Bonchev–Trinajstić information content (AvgIpc) is 3.31. The van der Waals surface area contributed by atoms with Crippen molar-refractivity contribution < 1.29 is 26.8 Å². The van der Waals surface area contributed by atoms with Crippen LogP contribution in [0.2, 0.25) is 0 Å². The van der Waals surface area contributed by atoms with Gasteiger partial charge in [0, 0.05) is 20.4 Å². The van der Waals surface area contributed by atoms with E-state index in [1.807, 2.05) is 0 Å². The monoisotopic (exact) mass is 545 g/mol. The molecule has 2 heterocycles. The second-order valence-corrected chi connectivity index (χ2v) is 13.0. The largest absolute Gasteiger partial charge is 0.495 e. The Hall–Kier alpha value is -3.44. The van der Waals surface area contributed by atoms with Crippen LogP contribution in [0.15, 0.2) is 59.6 Å². The fraction of sp³-hybridized carbons (Fsp3) is 0.250. The molecule has 2 aromatic heterocycles. The van der Waals surface area contributed by atoms with E-state index in [-0.39, 0.29) is 10.8 Å². The molecule has 0 radical (unpaired) electrons. The van der Waals surface area contributed by atoms with Crippen molar-refractivity contribution in [3.8, 4) is 11.4 Å². The van der Waals surface area contributed by atoms with Gasteiger partial charge in [0.15, 0.2) is 15.5 Å². The van der Waals surface area contributed by atoms with Gasteiger partial charge in [0.1, 0.15) is 11.6 Å². The zero-order valence-corrected chi connectivity index (χ0v) is 22.7. The molecule has 196 valence electrons. The van der Waals surface area contributed by atoms with Gasteiger partial charge in [0.05, 0.1) is 39.3 Å². The molecule has 0 spiro atoms. The number of methoxy groups -OCH3 is 1. The number of sulfone groups is 1. The number of anilines is 3. The second-order valence-electron chi connectivity index (χ2n) is 8.29. The zero-order chi connectivity index (χ0) is 27.0. The highest BCUT2D eigenvalue weighted by Crippen LogP contribution is 2.46. The molecule has 0 aliphatic rings. The topological polar surface area (TPSA) is 148 Å². The van der Waals surface area contributed by atoms with Crippen molar-refractivity contribution in [3.05, 3.63) is 54.7 Å². The van der Waals surface area contributed by atoms with E-state index in [0.717, 1.165) is 0 Å². The van der Waals surface area contributed by atoms with E-state index >= 15 is 0 Å². The minimum atomic E-state index is -3.56. The molecule has 0 unspecified atom stereocenters. The third-order valence-electron chi connectivity index (χ3n) is 5.85. The summed E-state index contributed by atoms with van der Waals surface area (Å²) in [6.07, 6.45) is 1.75. The van der Waals surface area contributed by atoms with Crippen LogP contribution in [0.3, 0.4) is 0 Å². The summed E-state index contributed by atoms with van der Waals surface area (Å²) in [5.74, 6) is 0.717. The Morgan fingerprint density at radius 3 is 2.38 bits per heavy atom. The molecule has 3 N–H and O–H groups in total. The molecule has 0 aliphatic carbocycles. The quantitative estimate of drug-likeness (QED) is 0.295. The number of benzene rings is 2. The zero-order valence-electron chi connectivity index (χ0n) is 21.0. The first kappa shape index (κ1) is 26.6. The van der Waals surface area contributed by atoms with Crippen LogP contribution in [0.25, 0.3) is 16.7 Å². The number of fused-ring (bicyclic) bond motifs is 1. The number of aromatic nitrogens is 3. The van der Waals surface area contributed by atoms with Gasteiger partial charge in [0.25, 0.3) is 0 Å². The lowest BCUT2D eigenvalue weighted by Gasteiger charge is -2.17. The standard InChI is InChI=1S/C24H28N5O6PS/c1-15(2)37(31,32)21-9-7-6-8-18(21)26-22-17-12-13-29(23(17)28-24(25)27-22)19-11-10-16(14-20(19)33-3)36(30,34-4)35-5/h6-15H,1-5H3,(H3,25,26,27,28). The molecular formula is C24H28N5O6PS. The summed E-state index contributed by atoms with van der Waals surface area (Å²) in [5, 5.41) is 3.45. The third-order valence-corrected chi connectivity index (χ3v) is 9.93. The molecule has 0 saturated heterocycles. The molecule has 0 aliphatic heterocycles. The normalized spacial score (nSPS) is 12.3. The van der Waals surface area contributed by atoms with Gasteiger partial charge < -0.3 is 24.8 Å². The van der Waals surface area contributed by atoms with Crippen molar-refractivity contribution in [2.24, 2.45) is 0 Å². The molecule has 4 rings (SSSR count). The summed E-state index contributed by atoms with van der Waals surface area (Å²) in [6.45, 7) is 3.26. The second kappa shape index (κ2) is 10.1. The summed E-state index contributed by atoms with van der Waals surface area (Å²) in [4.78, 5) is 8.89. The average molecular weight is 546 g/mol. The van der Waals surface area contributed by atoms with Crippen LogP contribution < -0.4 is 21.1 Å². The van der Waals surface area contributed by atoms with Crippen LogP contribution in [0, 0.1) is 0 Å². The number of nitrogen functional groups attached to an aromatic ring is 1. The van der Waals surface area contributed by atoms with E-state index in [1.54, 1.807) is 73.1 Å². The summed E-state index contributed by atoms with van der Waals surface area (Å²) >= 11 is 0. The summed E-state index contributed by atoms with van der Waals surface area (Å²) in [6, 6.07) is 13.3. The molecule has 0 saturated carbocycles. The van der Waals surface area contributed by atoms with E-state index in [2.05, 4.69) is 15.3 Å². The molecule has 2 aromatic carbocycles. The van der Waals surface area contributed by atoms with Gasteiger partial charge in [-0.1, -0.05) is 12.1 Å². The Labute approximate surface area is 215 Å². The number of nitrogens with two attached hydrogens (primary N) is 1. The van der Waals surface area contributed by atoms with E-state index in [9.17, 15) is 13.0 Å². The van der Waals surface area contributed by atoms with Crippen molar-refractivity contribution in [2.75, 3.05) is 32.4 Å². The van der Waals surface area contributed by atoms with Crippen LogP contribution in [0.5, 0.6) is 5.75 Å². The van der Waals surface area contributed by atoms with Crippen molar-refractivity contribution >= 4 is 51.2 Å². The molecule has 0 atom stereocenters. The molecule has 11 nitrogen and oxygen atoms in total. The Morgan fingerprint density at radius 1 is 1.03 bits per heavy atom. The van der Waals surface area contributed by atoms with Crippen molar-refractivity contribution in [2.45, 2.75) is 24.0 Å². The number of nitrogens with zero attached hydrogens (tertiary/aromatic N) is 3. The number of ether oxygens (including phenoxy) is 1. The minimum Gasteiger partial charge on any atom is -0.495 e. The SMILES string of the molecule is COc1cc(P(=O)(OC)OC)ccc1-n1ccc2c(Nc3ccccc3S(=O)(=O)C(C)C)nc(N)nc21. The van der Waals surface area contributed by atoms with Gasteiger partial charge in [0.2, 0.25) is 5.95 Å². The number of hydrogen-bond donors (Lipinski definition) is 2. The van der Waals surface area contributed by atoms with E-state index in [1.165, 1.54) is 21.3 Å². The van der Waals surface area contributed by atoms with Gasteiger partial charge >= 0.3 is 7.60 Å². The van der Waals surface area contributed by atoms with E-state index in [0.29, 0.717) is 39.3 Å². The van der Waals surface area contributed by atoms with E-state index < -0.39 is 22.7 Å². The fourth-order valence-corrected chi connectivity index (χ4v) is 6.15. The summed E-state index contributed by atoms with van der Waals surface area (Å²) in [5.41, 5.74) is 7.47. The van der Waals surface area contributed by atoms with Gasteiger partial charge in [-0.2, -0.15) is 9.97 Å². The van der Waals surface area contributed by atoms with Crippen LogP contribution in [0.1, 0.15) is 13.8 Å². The molecule has 13 heteroatoms. The number of rotatable bonds is 9. The Bertz CT molecular complexity index is 1610. The lowest BCUT2D eigenvalue weighted by atomic mass is 10.3.